The van der Waals surface area contributed by atoms with E-state index < -0.39 is 0 Å². The van der Waals surface area contributed by atoms with Gasteiger partial charge < -0.3 is 33.4 Å². The van der Waals surface area contributed by atoms with Gasteiger partial charge in [-0.15, -0.1) is 11.3 Å². The summed E-state index contributed by atoms with van der Waals surface area (Å²) < 4.78 is 10.4. The minimum Gasteiger partial charge on any atom is -0.385 e. The van der Waals surface area contributed by atoms with Crippen molar-refractivity contribution in [1.29, 1.82) is 0 Å². The summed E-state index contributed by atoms with van der Waals surface area (Å²) in [7, 11) is 1.73. The first-order valence-electron chi connectivity index (χ1n) is 5.97. The third-order valence-electron chi connectivity index (χ3n) is 1.71. The molecule has 0 aliphatic rings. The summed E-state index contributed by atoms with van der Waals surface area (Å²) in [6.07, 6.45) is 2.17. The number of hydrogen-bond donors (Lipinski definition) is 0. The van der Waals surface area contributed by atoms with Crippen LogP contribution >= 0.6 is 11.3 Å². The van der Waals surface area contributed by atoms with Gasteiger partial charge in [-0.1, -0.05) is 6.07 Å². The second-order valence-electron chi connectivity index (χ2n) is 2.83. The van der Waals surface area contributed by atoms with E-state index in [1.165, 1.54) is 4.88 Å². The quantitative estimate of drug-likeness (QED) is 0.640. The Balaban J connectivity index is -0.0000000634. The van der Waals surface area contributed by atoms with Gasteiger partial charge in [-0.2, -0.15) is 0 Å². The molecule has 7 nitrogen and oxygen atoms in total. The van der Waals surface area contributed by atoms with Crippen LogP contribution in [0.25, 0.3) is 0 Å². The Bertz CT molecular complexity index is 265. The number of ether oxygens (including phenoxy) is 2. The normalized spacial score (nSPS) is 6.54. The van der Waals surface area contributed by atoms with Crippen LogP contribution < -0.4 is 0 Å². The molecule has 0 radical (unpaired) electrons. The molecule has 140 valence electrons. The van der Waals surface area contributed by atoms with Crippen molar-refractivity contribution in [3.63, 3.8) is 0 Å². The first kappa shape index (κ1) is 38.2. The summed E-state index contributed by atoms with van der Waals surface area (Å²) in [4.78, 5) is 41.3. The van der Waals surface area contributed by atoms with E-state index in [-0.39, 0.29) is 17.4 Å². The summed E-state index contributed by atoms with van der Waals surface area (Å²) in [6.45, 7) is 12.4. The molecule has 0 aliphatic heterocycles. The molecule has 1 heterocycles. The van der Waals surface area contributed by atoms with Crippen molar-refractivity contribution in [1.82, 2.24) is 0 Å². The van der Waals surface area contributed by atoms with E-state index >= 15 is 0 Å². The van der Waals surface area contributed by atoms with Gasteiger partial charge in [0.25, 0.3) is 0 Å². The molecule has 0 saturated carbocycles. The average Bonchev–Trinajstić information content (AvgIpc) is 3.20. The van der Waals surface area contributed by atoms with Crippen LogP contribution in [0.15, 0.2) is 17.5 Å². The number of rotatable bonds is 7. The molecule has 1 aromatic heterocycles. The van der Waals surface area contributed by atoms with Crippen molar-refractivity contribution >= 4 is 45.3 Å². The van der Waals surface area contributed by atoms with E-state index in [0.29, 0.717) is 0 Å². The van der Waals surface area contributed by atoms with Gasteiger partial charge in [0.2, 0.25) is 0 Å². The van der Waals surface area contributed by atoms with Crippen molar-refractivity contribution in [2.24, 2.45) is 0 Å². The SMILES string of the molecule is C=O.C=O.C=O.C=O.C=O.COCCCCOCc1cccs1.[Cr]. The number of methoxy groups -OCH3 is 1. The van der Waals surface area contributed by atoms with Crippen LogP contribution in [0.5, 0.6) is 0 Å². The smallest absolute Gasteiger partial charge is 0.106 e. The largest absolute Gasteiger partial charge is 0.385 e. The first-order chi connectivity index (χ1) is 11.4. The van der Waals surface area contributed by atoms with Gasteiger partial charge in [0, 0.05) is 42.6 Å². The molecule has 9 heteroatoms. The molecule has 0 bridgehead atoms. The molecule has 0 amide bonds. The molecule has 0 spiro atoms. The second kappa shape index (κ2) is 57.8. The van der Waals surface area contributed by atoms with Gasteiger partial charge in [0.15, 0.2) is 0 Å². The number of carbonyl (C=O) groups excluding carboxylic acids is 5. The van der Waals surface area contributed by atoms with Crippen molar-refractivity contribution < 1.29 is 50.8 Å². The zero-order valence-corrected chi connectivity index (χ0v) is 16.1. The number of hydrogen-bond acceptors (Lipinski definition) is 8. The second-order valence-corrected chi connectivity index (χ2v) is 3.86. The first-order valence-corrected chi connectivity index (χ1v) is 6.85. The Morgan fingerprint density at radius 3 is 1.71 bits per heavy atom. The molecule has 0 saturated heterocycles. The zero-order chi connectivity index (χ0) is 19.4. The van der Waals surface area contributed by atoms with Crippen LogP contribution in [0.3, 0.4) is 0 Å². The predicted molar refractivity (Wildman–Crippen MR) is 90.7 cm³/mol. The fourth-order valence-electron chi connectivity index (χ4n) is 1.02. The van der Waals surface area contributed by atoms with Crippen molar-refractivity contribution in [3.8, 4) is 0 Å². The van der Waals surface area contributed by atoms with Crippen LogP contribution in [0, 0.1) is 0 Å². The molecular weight excluding hydrogens is 376 g/mol. The molecule has 24 heavy (non-hydrogen) atoms. The standard InChI is InChI=1S/C10H16O2S.5CH2O.Cr/c1-11-6-2-3-7-12-9-10-5-4-8-13-10;5*1-2;/h4-5,8H,2-3,6-7,9H2,1H3;5*1H2;. The van der Waals surface area contributed by atoms with Crippen LogP contribution in [0.4, 0.5) is 0 Å². The number of unbranched alkanes of at least 4 members (excludes halogenated alkanes) is 1. The zero-order valence-electron chi connectivity index (χ0n) is 14.0. The summed E-state index contributed by atoms with van der Waals surface area (Å²) >= 11 is 1.74. The van der Waals surface area contributed by atoms with Crippen LogP contribution in [0.1, 0.15) is 17.7 Å². The van der Waals surface area contributed by atoms with Gasteiger partial charge in [-0.3, -0.25) is 0 Å². The molecular formula is C15H26CrO7S. The van der Waals surface area contributed by atoms with Gasteiger partial charge in [-0.05, 0) is 24.3 Å². The van der Waals surface area contributed by atoms with Crippen LogP contribution in [-0.4, -0.2) is 54.3 Å². The Morgan fingerprint density at radius 2 is 1.33 bits per heavy atom. The Morgan fingerprint density at radius 1 is 0.875 bits per heavy atom. The average molecular weight is 402 g/mol. The number of thiophene rings is 1. The summed E-state index contributed by atoms with van der Waals surface area (Å²) in [6, 6.07) is 4.15. The van der Waals surface area contributed by atoms with E-state index in [4.69, 9.17) is 33.4 Å². The van der Waals surface area contributed by atoms with Crippen molar-refractivity contribution in [2.75, 3.05) is 20.3 Å². The van der Waals surface area contributed by atoms with E-state index in [1.807, 2.05) is 40.0 Å². The molecule has 0 fully saturated rings. The Kier molecular flexibility index (Phi) is 92.0. The fraction of sp³-hybridized carbons (Fsp3) is 0.400. The van der Waals surface area contributed by atoms with Gasteiger partial charge in [0.05, 0.1) is 6.61 Å². The minimum absolute atomic E-state index is 0. The van der Waals surface area contributed by atoms with Crippen molar-refractivity contribution in [3.05, 3.63) is 22.4 Å². The van der Waals surface area contributed by atoms with E-state index in [9.17, 15) is 0 Å². The Labute approximate surface area is 158 Å². The maximum atomic E-state index is 8.00. The van der Waals surface area contributed by atoms with Crippen LogP contribution in [-0.2, 0) is 57.4 Å². The summed E-state index contributed by atoms with van der Waals surface area (Å²) in [5.41, 5.74) is 0. The monoisotopic (exact) mass is 402 g/mol. The van der Waals surface area contributed by atoms with Gasteiger partial charge >= 0.3 is 0 Å². The topological polar surface area (TPSA) is 104 Å². The van der Waals surface area contributed by atoms with E-state index in [2.05, 4.69) is 11.4 Å². The molecule has 1 aromatic rings. The maximum Gasteiger partial charge on any atom is 0.106 e. The van der Waals surface area contributed by atoms with Gasteiger partial charge in [0.1, 0.15) is 33.9 Å². The molecule has 1 rings (SSSR count). The fourth-order valence-corrected chi connectivity index (χ4v) is 1.66. The minimum atomic E-state index is 0. The number of carbonyl (C=O) groups is 5. The molecule has 0 aromatic carbocycles. The third-order valence-corrected chi connectivity index (χ3v) is 2.56. The molecule has 0 N–H and O–H groups in total. The predicted octanol–water partition coefficient (Wildman–Crippen LogP) is 1.76. The molecule has 0 atom stereocenters. The Hall–Kier alpha value is -1.50. The molecule has 0 aliphatic carbocycles. The summed E-state index contributed by atoms with van der Waals surface area (Å²) in [5, 5.41) is 2.07. The van der Waals surface area contributed by atoms with Crippen LogP contribution in [0.2, 0.25) is 0 Å². The van der Waals surface area contributed by atoms with Gasteiger partial charge in [-0.25, -0.2) is 0 Å². The van der Waals surface area contributed by atoms with E-state index in [1.54, 1.807) is 18.4 Å². The third kappa shape index (κ3) is 42.8. The van der Waals surface area contributed by atoms with Crippen molar-refractivity contribution in [2.45, 2.75) is 19.4 Å². The van der Waals surface area contributed by atoms with E-state index in [0.717, 1.165) is 32.7 Å². The summed E-state index contributed by atoms with van der Waals surface area (Å²) in [5.74, 6) is 0. The molecule has 0 unspecified atom stereocenters. The maximum absolute atomic E-state index is 8.00.